The Kier molecular flexibility index (Phi) is 8.22. The van der Waals surface area contributed by atoms with Crippen molar-refractivity contribution in [2.75, 3.05) is 6.61 Å². The summed E-state index contributed by atoms with van der Waals surface area (Å²) in [6.45, 7) is 1.26. The molecule has 0 bridgehead atoms. The van der Waals surface area contributed by atoms with Gasteiger partial charge in [0.25, 0.3) is 0 Å². The van der Waals surface area contributed by atoms with E-state index in [0.29, 0.717) is 0 Å². The number of hydrogen-bond acceptors (Lipinski definition) is 15. The fourth-order valence-corrected chi connectivity index (χ4v) is 5.28. The quantitative estimate of drug-likeness (QED) is 0.182. The highest BCUT2D eigenvalue weighted by molar-refractivity contribution is 8.00. The largest absolute Gasteiger partial charge is 0.508 e. The summed E-state index contributed by atoms with van der Waals surface area (Å²) in [6, 6.07) is 5.52. The number of phenols is 4. The number of thioether (sulfide) groups is 1. The zero-order chi connectivity index (χ0) is 29.6. The molecule has 1 aromatic heterocycles. The fraction of sp³-hybridized carbons (Fsp3) is 0.423. The number of ether oxygens (including phenoxy) is 4. The van der Waals surface area contributed by atoms with Crippen LogP contribution in [0.4, 0.5) is 0 Å². The van der Waals surface area contributed by atoms with Crippen molar-refractivity contribution in [1.29, 1.82) is 0 Å². The number of fused-ring (bicyclic) bond motifs is 1. The third-order valence-corrected chi connectivity index (χ3v) is 7.77. The highest BCUT2D eigenvalue weighted by atomic mass is 32.2. The van der Waals surface area contributed by atoms with Crippen LogP contribution in [0.5, 0.6) is 28.7 Å². The normalized spacial score (nSPS) is 30.4. The molecular weight excluding hydrogens is 568 g/mol. The zero-order valence-electron chi connectivity index (χ0n) is 21.4. The van der Waals surface area contributed by atoms with Gasteiger partial charge in [0.15, 0.2) is 29.0 Å². The van der Waals surface area contributed by atoms with Crippen molar-refractivity contribution in [3.63, 3.8) is 0 Å². The monoisotopic (exact) mass is 596 g/mol. The maximum Gasteiger partial charge on any atom is 0.239 e. The summed E-state index contributed by atoms with van der Waals surface area (Å²) in [5, 5.41) is 80.8. The third kappa shape index (κ3) is 5.89. The van der Waals surface area contributed by atoms with Crippen molar-refractivity contribution in [2.45, 2.75) is 61.2 Å². The van der Waals surface area contributed by atoms with Crippen LogP contribution in [-0.2, 0) is 14.2 Å². The maximum atomic E-state index is 13.5. The topological polar surface area (TPSA) is 229 Å². The zero-order valence-corrected chi connectivity index (χ0v) is 22.2. The number of phenolic OH excluding ortho intramolecular Hbond substituents is 4. The van der Waals surface area contributed by atoms with Crippen molar-refractivity contribution >= 4 is 22.7 Å². The van der Waals surface area contributed by atoms with Crippen LogP contribution < -0.4 is 10.2 Å². The average molecular weight is 597 g/mol. The van der Waals surface area contributed by atoms with E-state index in [9.17, 15) is 45.6 Å². The molecule has 2 fully saturated rings. The SMILES string of the molecule is CC1O[C@@H](OC[C@H]2O[C@@H](Oc3c(-c4ccc(O)c(O)c4)oc4cc(O)cc(O)c4c3=O)C(O)CC2O)C(O)S[C@H]1O. The Morgan fingerprint density at radius 1 is 0.902 bits per heavy atom. The molecule has 3 heterocycles. The third-order valence-electron chi connectivity index (χ3n) is 6.61. The van der Waals surface area contributed by atoms with Gasteiger partial charge in [0.2, 0.25) is 17.5 Å². The maximum absolute atomic E-state index is 13.5. The molecule has 2 aliphatic rings. The molecule has 0 saturated carbocycles. The summed E-state index contributed by atoms with van der Waals surface area (Å²) in [6.07, 6.45) is -7.44. The molecule has 4 unspecified atom stereocenters. The van der Waals surface area contributed by atoms with E-state index < -0.39 is 82.0 Å². The van der Waals surface area contributed by atoms with Gasteiger partial charge in [-0.3, -0.25) is 4.79 Å². The van der Waals surface area contributed by atoms with Crippen molar-refractivity contribution < 1.29 is 64.2 Å². The van der Waals surface area contributed by atoms with Crippen LogP contribution in [0.2, 0.25) is 0 Å². The van der Waals surface area contributed by atoms with Gasteiger partial charge in [0.05, 0.1) is 18.8 Å². The lowest BCUT2D eigenvalue weighted by Gasteiger charge is -2.39. The van der Waals surface area contributed by atoms with Crippen molar-refractivity contribution in [2.24, 2.45) is 0 Å². The minimum atomic E-state index is -1.57. The van der Waals surface area contributed by atoms with Crippen LogP contribution >= 0.6 is 11.8 Å². The molecule has 15 heteroatoms. The summed E-state index contributed by atoms with van der Waals surface area (Å²) in [5.41, 5.74) is -3.27. The highest BCUT2D eigenvalue weighted by Gasteiger charge is 2.41. The van der Waals surface area contributed by atoms with E-state index >= 15 is 0 Å². The molecule has 3 aromatic rings. The smallest absolute Gasteiger partial charge is 0.239 e. The predicted molar refractivity (Wildman–Crippen MR) is 140 cm³/mol. The second kappa shape index (κ2) is 11.5. The van der Waals surface area contributed by atoms with Crippen molar-refractivity contribution in [3.8, 4) is 40.1 Å². The van der Waals surface area contributed by atoms with Gasteiger partial charge in [-0.05, 0) is 25.1 Å². The summed E-state index contributed by atoms with van der Waals surface area (Å²) in [7, 11) is 0. The molecule has 0 aliphatic carbocycles. The molecule has 222 valence electrons. The minimum absolute atomic E-state index is 0.0552. The average Bonchev–Trinajstić information content (AvgIpc) is 2.90. The number of benzene rings is 2. The van der Waals surface area contributed by atoms with Gasteiger partial charge in [-0.1, -0.05) is 11.8 Å². The molecule has 41 heavy (non-hydrogen) atoms. The Morgan fingerprint density at radius 3 is 2.39 bits per heavy atom. The van der Waals surface area contributed by atoms with Crippen LogP contribution in [0.1, 0.15) is 13.3 Å². The van der Waals surface area contributed by atoms with Crippen LogP contribution in [-0.4, -0.2) is 95.3 Å². The highest BCUT2D eigenvalue weighted by Crippen LogP contribution is 2.39. The first kappa shape index (κ1) is 29.2. The lowest BCUT2D eigenvalue weighted by Crippen LogP contribution is -2.52. The van der Waals surface area contributed by atoms with Gasteiger partial charge in [-0.25, -0.2) is 0 Å². The predicted octanol–water partition coefficient (Wildman–Crippen LogP) is 0.629. The van der Waals surface area contributed by atoms with Gasteiger partial charge in [-0.15, -0.1) is 0 Å². The van der Waals surface area contributed by atoms with Crippen LogP contribution in [0.25, 0.3) is 22.3 Å². The van der Waals surface area contributed by atoms with E-state index in [-0.39, 0.29) is 35.3 Å². The van der Waals surface area contributed by atoms with Gasteiger partial charge < -0.3 is 64.2 Å². The second-order valence-corrected chi connectivity index (χ2v) is 10.9. The number of hydrogen-bond donors (Lipinski definition) is 8. The molecule has 2 aromatic carbocycles. The van der Waals surface area contributed by atoms with Crippen LogP contribution in [0.15, 0.2) is 39.5 Å². The fourth-order valence-electron chi connectivity index (χ4n) is 4.44. The molecular formula is C26H28O14S. The summed E-state index contributed by atoms with van der Waals surface area (Å²) in [5.74, 6) is -2.85. The van der Waals surface area contributed by atoms with E-state index in [1.807, 2.05) is 0 Å². The first-order valence-electron chi connectivity index (χ1n) is 12.4. The Bertz CT molecular complexity index is 1480. The summed E-state index contributed by atoms with van der Waals surface area (Å²) >= 11 is 0.832. The molecule has 8 atom stereocenters. The van der Waals surface area contributed by atoms with E-state index in [4.69, 9.17) is 23.4 Å². The Labute approximate surface area is 235 Å². The lowest BCUT2D eigenvalue weighted by atomic mass is 10.0. The van der Waals surface area contributed by atoms with E-state index in [1.54, 1.807) is 6.92 Å². The van der Waals surface area contributed by atoms with Gasteiger partial charge in [0.1, 0.15) is 40.1 Å². The van der Waals surface area contributed by atoms with E-state index in [1.165, 1.54) is 6.07 Å². The van der Waals surface area contributed by atoms with Gasteiger partial charge >= 0.3 is 0 Å². The van der Waals surface area contributed by atoms with E-state index in [2.05, 4.69) is 0 Å². The molecule has 0 spiro atoms. The van der Waals surface area contributed by atoms with Crippen molar-refractivity contribution in [1.82, 2.24) is 0 Å². The molecule has 8 N–H and O–H groups in total. The van der Waals surface area contributed by atoms with Gasteiger partial charge in [0, 0.05) is 24.1 Å². The molecule has 2 aliphatic heterocycles. The number of aliphatic hydroxyl groups is 4. The Morgan fingerprint density at radius 2 is 1.66 bits per heavy atom. The first-order chi connectivity index (χ1) is 19.4. The summed E-state index contributed by atoms with van der Waals surface area (Å²) < 4.78 is 28.3. The van der Waals surface area contributed by atoms with Crippen molar-refractivity contribution in [3.05, 3.63) is 40.6 Å². The minimum Gasteiger partial charge on any atom is -0.508 e. The Hall–Kier alpha value is -3.28. The number of aromatic hydroxyl groups is 4. The number of rotatable bonds is 6. The molecule has 14 nitrogen and oxygen atoms in total. The second-order valence-electron chi connectivity index (χ2n) is 9.62. The number of aliphatic hydroxyl groups excluding tert-OH is 4. The standard InChI is InChI=1S/C26H28O14S/c1-9-23(34)41-24(35)26(37-9)36-8-18-14(30)7-16(32)25(39-18)40-22-20(33)19-15(31)5-11(27)6-17(19)38-21(22)10-2-3-12(28)13(29)4-10/h2-6,9,14,16,18,23-32,34-35H,7-8H2,1H3/t9?,14?,16?,18-,23-,24?,25+,26-/m1/s1. The molecule has 5 rings (SSSR count). The van der Waals surface area contributed by atoms with Crippen LogP contribution in [0.3, 0.4) is 0 Å². The lowest BCUT2D eigenvalue weighted by molar-refractivity contribution is -0.269. The first-order valence-corrected chi connectivity index (χ1v) is 13.4. The van der Waals surface area contributed by atoms with E-state index in [0.717, 1.165) is 36.0 Å². The Balaban J connectivity index is 1.46. The van der Waals surface area contributed by atoms with Gasteiger partial charge in [-0.2, -0.15) is 0 Å². The van der Waals surface area contributed by atoms with Crippen LogP contribution in [0, 0.1) is 0 Å². The molecule has 2 saturated heterocycles. The molecule has 0 radical (unpaired) electrons. The molecule has 0 amide bonds. The summed E-state index contributed by atoms with van der Waals surface area (Å²) in [4.78, 5) is 13.5.